The highest BCUT2D eigenvalue weighted by Crippen LogP contribution is 2.48. The molecule has 1 aliphatic rings. The van der Waals surface area contributed by atoms with Crippen LogP contribution in [0.5, 0.6) is 5.75 Å². The molecular weight excluding hydrogens is 753 g/mol. The Morgan fingerprint density at radius 1 is 0.935 bits per heavy atom. The van der Waals surface area contributed by atoms with Crippen molar-refractivity contribution >= 4 is 94.4 Å². The standard InChI is InChI=1S/C34H24IN3O5S3/c1-2-10-43-30-20-7-11-44-31(20)29(35)21-16-28(46-32(21)30)27-4-3-26(45-27)17-5-8-36-22(12-17)24-14-19(34(41)42)15-25(38-24)23-13-18(33(39)40)6-9-37-23/h3-8,11-16,37H,2,9-10H2,1H3,(H,39,40)(H,41,42). The van der Waals surface area contributed by atoms with Crippen LogP contribution in [0, 0.1) is 3.57 Å². The van der Waals surface area contributed by atoms with Gasteiger partial charge in [0.2, 0.25) is 0 Å². The molecule has 0 unspecified atom stereocenters. The first-order chi connectivity index (χ1) is 22.3. The van der Waals surface area contributed by atoms with Crippen LogP contribution in [0.2, 0.25) is 0 Å². The third-order valence-corrected chi connectivity index (χ3v) is 12.3. The predicted octanol–water partition coefficient (Wildman–Crippen LogP) is 9.02. The minimum absolute atomic E-state index is 0.0290. The lowest BCUT2D eigenvalue weighted by Gasteiger charge is -2.15. The van der Waals surface area contributed by atoms with Crippen LogP contribution in [0.1, 0.15) is 29.4 Å². The molecule has 0 spiro atoms. The number of pyridine rings is 2. The van der Waals surface area contributed by atoms with E-state index in [0.29, 0.717) is 35.9 Å². The first-order valence-electron chi connectivity index (χ1n) is 14.3. The number of hydrogen-bond acceptors (Lipinski definition) is 9. The van der Waals surface area contributed by atoms with E-state index in [1.165, 1.54) is 36.7 Å². The number of fused-ring (bicyclic) bond motifs is 2. The van der Waals surface area contributed by atoms with Crippen molar-refractivity contribution in [2.24, 2.45) is 0 Å². The molecule has 0 saturated heterocycles. The monoisotopic (exact) mass is 777 g/mol. The van der Waals surface area contributed by atoms with Crippen LogP contribution in [-0.4, -0.2) is 45.3 Å². The number of benzene rings is 1. The van der Waals surface area contributed by atoms with Crippen LogP contribution in [0.25, 0.3) is 57.5 Å². The van der Waals surface area contributed by atoms with Crippen LogP contribution < -0.4 is 10.1 Å². The topological polar surface area (TPSA) is 122 Å². The summed E-state index contributed by atoms with van der Waals surface area (Å²) in [6, 6.07) is 15.4. The molecule has 12 heteroatoms. The number of nitrogens with zero attached hydrogens (tertiary/aromatic N) is 2. The zero-order chi connectivity index (χ0) is 31.9. The van der Waals surface area contributed by atoms with Crippen molar-refractivity contribution in [3.8, 4) is 37.3 Å². The van der Waals surface area contributed by atoms with Gasteiger partial charge in [-0.1, -0.05) is 13.0 Å². The Bertz CT molecular complexity index is 2250. The van der Waals surface area contributed by atoms with Crippen LogP contribution in [0.15, 0.2) is 77.8 Å². The molecule has 46 heavy (non-hydrogen) atoms. The molecular formula is C34H24IN3O5S3. The molecule has 0 bridgehead atoms. The van der Waals surface area contributed by atoms with Gasteiger partial charge in [-0.05, 0) is 94.6 Å². The van der Waals surface area contributed by atoms with Crippen LogP contribution in [0.4, 0.5) is 0 Å². The molecule has 8 nitrogen and oxygen atoms in total. The van der Waals surface area contributed by atoms with Gasteiger partial charge in [-0.3, -0.25) is 4.98 Å². The third kappa shape index (κ3) is 5.70. The lowest BCUT2D eigenvalue weighted by molar-refractivity contribution is -0.132. The van der Waals surface area contributed by atoms with E-state index in [-0.39, 0.29) is 11.1 Å². The van der Waals surface area contributed by atoms with Crippen molar-refractivity contribution in [3.63, 3.8) is 0 Å². The van der Waals surface area contributed by atoms with Gasteiger partial charge < -0.3 is 20.3 Å². The molecule has 0 aliphatic carbocycles. The maximum atomic E-state index is 12.0. The Balaban J connectivity index is 1.25. The molecule has 6 heterocycles. The van der Waals surface area contributed by atoms with E-state index >= 15 is 0 Å². The quantitative estimate of drug-likeness (QED) is 0.125. The fraction of sp³-hybridized carbons (Fsp3) is 0.118. The predicted molar refractivity (Wildman–Crippen MR) is 194 cm³/mol. The number of thiophene rings is 3. The van der Waals surface area contributed by atoms with Gasteiger partial charge in [-0.2, -0.15) is 0 Å². The lowest BCUT2D eigenvalue weighted by Crippen LogP contribution is -2.20. The summed E-state index contributed by atoms with van der Waals surface area (Å²) in [6.07, 6.45) is 5.63. The highest BCUT2D eigenvalue weighted by molar-refractivity contribution is 14.1. The Morgan fingerprint density at radius 2 is 1.76 bits per heavy atom. The van der Waals surface area contributed by atoms with Gasteiger partial charge in [-0.15, -0.1) is 34.0 Å². The molecule has 230 valence electrons. The molecule has 0 radical (unpaired) electrons. The zero-order valence-corrected chi connectivity index (χ0v) is 28.8. The summed E-state index contributed by atoms with van der Waals surface area (Å²) in [7, 11) is 0. The van der Waals surface area contributed by atoms with Crippen molar-refractivity contribution in [1.29, 1.82) is 0 Å². The fourth-order valence-electron chi connectivity index (χ4n) is 5.22. The number of aromatic nitrogens is 2. The van der Waals surface area contributed by atoms with Gasteiger partial charge in [0.25, 0.3) is 0 Å². The summed E-state index contributed by atoms with van der Waals surface area (Å²) in [6.45, 7) is 3.08. The van der Waals surface area contributed by atoms with Crippen LogP contribution in [-0.2, 0) is 4.79 Å². The summed E-state index contributed by atoms with van der Waals surface area (Å²) >= 11 is 7.61. The van der Waals surface area contributed by atoms with E-state index < -0.39 is 11.9 Å². The SMILES string of the molecule is CCCOc1c2ccsc2c(I)c2cc(-c3ccc(-c4ccnc(-c5cc(C(=O)O)cc(C6=CC(C(=O)O)=CCN6)n5)c4)s3)sc12. The van der Waals surface area contributed by atoms with E-state index in [1.54, 1.807) is 46.3 Å². The number of carboxylic acids is 2. The van der Waals surface area contributed by atoms with Crippen molar-refractivity contribution in [2.75, 3.05) is 13.2 Å². The number of halogens is 1. The number of ether oxygens (including phenoxy) is 1. The number of dihydropyridines is 1. The summed E-state index contributed by atoms with van der Waals surface area (Å²) < 4.78 is 9.94. The average molecular weight is 778 g/mol. The summed E-state index contributed by atoms with van der Waals surface area (Å²) in [5, 5.41) is 26.9. The second-order valence-electron chi connectivity index (χ2n) is 10.4. The molecule has 0 atom stereocenters. The highest BCUT2D eigenvalue weighted by atomic mass is 127. The molecule has 0 amide bonds. The number of aliphatic carboxylic acids is 1. The number of nitrogens with one attached hydrogen (secondary N) is 1. The minimum atomic E-state index is -1.12. The molecule has 3 N–H and O–H groups in total. The maximum absolute atomic E-state index is 12.0. The molecule has 0 saturated carbocycles. The first-order valence-corrected chi connectivity index (χ1v) is 17.9. The van der Waals surface area contributed by atoms with E-state index in [1.807, 2.05) is 12.1 Å². The van der Waals surface area contributed by atoms with Crippen molar-refractivity contribution in [3.05, 3.63) is 92.7 Å². The summed E-state index contributed by atoms with van der Waals surface area (Å²) in [4.78, 5) is 36.1. The zero-order valence-electron chi connectivity index (χ0n) is 24.2. The summed E-state index contributed by atoms with van der Waals surface area (Å²) in [5.41, 5.74) is 2.72. The molecule has 5 aromatic heterocycles. The number of carboxylic acid groups (broad SMARTS) is 2. The number of hydrogen-bond donors (Lipinski definition) is 3. The molecule has 7 rings (SSSR count). The van der Waals surface area contributed by atoms with Gasteiger partial charge in [0.15, 0.2) is 0 Å². The highest BCUT2D eigenvalue weighted by Gasteiger charge is 2.20. The van der Waals surface area contributed by atoms with E-state index in [4.69, 9.17) is 4.74 Å². The Morgan fingerprint density at radius 3 is 2.57 bits per heavy atom. The number of aromatic carboxylic acids is 1. The second-order valence-corrected chi connectivity index (χ2v) is 14.6. The Labute approximate surface area is 288 Å². The first kappa shape index (κ1) is 30.5. The van der Waals surface area contributed by atoms with Gasteiger partial charge >= 0.3 is 11.9 Å². The van der Waals surface area contributed by atoms with Gasteiger partial charge in [-0.25, -0.2) is 14.6 Å². The van der Waals surface area contributed by atoms with Crippen LogP contribution in [0.3, 0.4) is 0 Å². The van der Waals surface area contributed by atoms with Crippen LogP contribution >= 0.6 is 56.6 Å². The molecule has 0 fully saturated rings. The Hall–Kier alpha value is -4.11. The Kier molecular flexibility index (Phi) is 8.36. The molecule has 1 aliphatic heterocycles. The maximum Gasteiger partial charge on any atom is 0.335 e. The number of rotatable bonds is 9. The number of carbonyl (C=O) groups is 2. The van der Waals surface area contributed by atoms with Crippen molar-refractivity contribution in [2.45, 2.75) is 13.3 Å². The fourth-order valence-corrected chi connectivity index (χ4v) is 9.60. The minimum Gasteiger partial charge on any atom is -0.491 e. The smallest absolute Gasteiger partial charge is 0.335 e. The lowest BCUT2D eigenvalue weighted by atomic mass is 10.1. The normalized spacial score (nSPS) is 13.0. The van der Waals surface area contributed by atoms with Gasteiger partial charge in [0.1, 0.15) is 5.75 Å². The van der Waals surface area contributed by atoms with Crippen molar-refractivity contribution in [1.82, 2.24) is 15.3 Å². The van der Waals surface area contributed by atoms with Gasteiger partial charge in [0, 0.05) is 41.7 Å². The van der Waals surface area contributed by atoms with E-state index in [0.717, 1.165) is 37.6 Å². The van der Waals surface area contributed by atoms with Crippen molar-refractivity contribution < 1.29 is 24.5 Å². The third-order valence-electron chi connectivity index (χ3n) is 7.40. The van der Waals surface area contributed by atoms with E-state index in [2.05, 4.69) is 74.4 Å². The summed E-state index contributed by atoms with van der Waals surface area (Å²) in [5.74, 6) is -1.21. The second kappa shape index (κ2) is 12.6. The molecule has 1 aromatic carbocycles. The largest absolute Gasteiger partial charge is 0.491 e. The molecule has 6 aromatic rings. The van der Waals surface area contributed by atoms with E-state index in [9.17, 15) is 19.8 Å². The van der Waals surface area contributed by atoms with Gasteiger partial charge in [0.05, 0.1) is 49.9 Å². The average Bonchev–Trinajstić information content (AvgIpc) is 3.85.